The van der Waals surface area contributed by atoms with Gasteiger partial charge >= 0.3 is 0 Å². The molecule has 1 aromatic heterocycles. The molecule has 3 atom stereocenters. The van der Waals surface area contributed by atoms with Crippen LogP contribution in [0, 0.1) is 5.82 Å². The summed E-state index contributed by atoms with van der Waals surface area (Å²) in [5.41, 5.74) is 2.39. The normalized spacial score (nSPS) is 19.9. The van der Waals surface area contributed by atoms with Crippen LogP contribution in [0.1, 0.15) is 53.9 Å². The van der Waals surface area contributed by atoms with E-state index in [1.807, 2.05) is 12.1 Å². The summed E-state index contributed by atoms with van der Waals surface area (Å²) in [5.74, 6) is 0.310. The summed E-state index contributed by atoms with van der Waals surface area (Å²) in [5, 5.41) is 16.3. The van der Waals surface area contributed by atoms with Crippen LogP contribution in [-0.4, -0.2) is 69.6 Å². The highest BCUT2D eigenvalue weighted by Crippen LogP contribution is 2.40. The number of nitrogens with zero attached hydrogens (tertiary/aromatic N) is 3. The maximum atomic E-state index is 13.4. The van der Waals surface area contributed by atoms with Crippen LogP contribution in [0.25, 0.3) is 11.4 Å². The van der Waals surface area contributed by atoms with Gasteiger partial charge in [0.25, 0.3) is 5.91 Å². The molecule has 2 fully saturated rings. The van der Waals surface area contributed by atoms with Crippen LogP contribution in [0.5, 0.6) is 0 Å². The lowest BCUT2D eigenvalue weighted by atomic mass is 10.0. The Bertz CT molecular complexity index is 1250. The number of aliphatic hydroxyl groups is 1. The van der Waals surface area contributed by atoms with Crippen LogP contribution in [-0.2, 0) is 4.79 Å². The van der Waals surface area contributed by atoms with E-state index in [0.717, 1.165) is 17.5 Å². The molecule has 1 saturated carbocycles. The molecule has 3 aromatic rings. The van der Waals surface area contributed by atoms with Crippen LogP contribution in [0.2, 0.25) is 0 Å². The molecule has 0 bridgehead atoms. The Labute approximate surface area is 227 Å². The number of hydrogen-bond acceptors (Lipinski definition) is 6. The highest BCUT2D eigenvalue weighted by atomic mass is 19.1. The van der Waals surface area contributed by atoms with Gasteiger partial charge in [-0.25, -0.2) is 14.4 Å². The van der Waals surface area contributed by atoms with Crippen LogP contribution >= 0.6 is 0 Å². The van der Waals surface area contributed by atoms with Crippen molar-refractivity contribution in [2.24, 2.45) is 0 Å². The number of piperidine rings is 1. The molecule has 0 radical (unpaired) electrons. The third-order valence-electron chi connectivity index (χ3n) is 7.52. The van der Waals surface area contributed by atoms with Crippen molar-refractivity contribution in [3.05, 3.63) is 83.9 Å². The molecule has 2 amide bonds. The number of halogens is 1. The molecule has 1 aliphatic heterocycles. The van der Waals surface area contributed by atoms with E-state index in [2.05, 4.69) is 20.6 Å². The van der Waals surface area contributed by atoms with E-state index in [9.17, 15) is 19.1 Å². The van der Waals surface area contributed by atoms with E-state index in [1.165, 1.54) is 12.1 Å². The monoisotopic (exact) mass is 531 g/mol. The van der Waals surface area contributed by atoms with Crippen molar-refractivity contribution in [3.63, 3.8) is 0 Å². The third kappa shape index (κ3) is 7.04. The Hall–Kier alpha value is -3.69. The molecule has 8 nitrogen and oxygen atoms in total. The van der Waals surface area contributed by atoms with Crippen molar-refractivity contribution >= 4 is 11.8 Å². The molecule has 2 aliphatic rings. The molecule has 204 valence electrons. The topological polar surface area (TPSA) is 107 Å². The Morgan fingerprint density at radius 3 is 2.41 bits per heavy atom. The van der Waals surface area contributed by atoms with E-state index in [-0.39, 0.29) is 23.7 Å². The van der Waals surface area contributed by atoms with Crippen molar-refractivity contribution in [2.45, 2.75) is 56.2 Å². The predicted molar refractivity (Wildman–Crippen MR) is 145 cm³/mol. The van der Waals surface area contributed by atoms with Gasteiger partial charge in [-0.1, -0.05) is 24.3 Å². The fourth-order valence-electron chi connectivity index (χ4n) is 5.12. The van der Waals surface area contributed by atoms with Gasteiger partial charge in [-0.15, -0.1) is 0 Å². The van der Waals surface area contributed by atoms with E-state index in [0.29, 0.717) is 68.7 Å². The molecule has 1 saturated heterocycles. The standard InChI is InChI=1S/C30H34FN5O3/c31-23-10-8-20(9-11-23)25-19-27(25)32-14-1-3-26(30(39)36-17-12-24(37)13-18-36)35-29(38)22-6-4-21(5-7-22)28-33-15-2-16-34-28/h2,4-11,15-16,24-27,32,37H,1,3,12-14,17-19H2,(H,35,38)/t25-,26-,27?/m0/s1. The summed E-state index contributed by atoms with van der Waals surface area (Å²) in [6, 6.07) is 15.1. The average molecular weight is 532 g/mol. The summed E-state index contributed by atoms with van der Waals surface area (Å²) < 4.78 is 13.2. The molecular weight excluding hydrogens is 497 g/mol. The van der Waals surface area contributed by atoms with Crippen LogP contribution < -0.4 is 10.6 Å². The average Bonchev–Trinajstić information content (AvgIpc) is 3.75. The number of amides is 2. The Morgan fingerprint density at radius 2 is 1.72 bits per heavy atom. The van der Waals surface area contributed by atoms with Crippen molar-refractivity contribution in [2.75, 3.05) is 19.6 Å². The van der Waals surface area contributed by atoms with E-state index >= 15 is 0 Å². The second-order valence-corrected chi connectivity index (χ2v) is 10.3. The zero-order valence-corrected chi connectivity index (χ0v) is 21.8. The second-order valence-electron chi connectivity index (χ2n) is 10.3. The number of aliphatic hydroxyl groups excluding tert-OH is 1. The number of carbonyl (C=O) groups excluding carboxylic acids is 2. The summed E-state index contributed by atoms with van der Waals surface area (Å²) >= 11 is 0. The van der Waals surface area contributed by atoms with E-state index < -0.39 is 6.04 Å². The highest BCUT2D eigenvalue weighted by Gasteiger charge is 2.37. The van der Waals surface area contributed by atoms with Gasteiger partial charge in [0, 0.05) is 48.6 Å². The molecule has 2 heterocycles. The largest absolute Gasteiger partial charge is 0.393 e. The molecule has 2 aromatic carbocycles. The molecule has 0 spiro atoms. The maximum absolute atomic E-state index is 13.4. The number of carbonyl (C=O) groups is 2. The lowest BCUT2D eigenvalue weighted by Gasteiger charge is -2.32. The van der Waals surface area contributed by atoms with Crippen LogP contribution in [0.15, 0.2) is 67.0 Å². The molecule has 3 N–H and O–H groups in total. The lowest BCUT2D eigenvalue weighted by molar-refractivity contribution is -0.135. The predicted octanol–water partition coefficient (Wildman–Crippen LogP) is 3.29. The van der Waals surface area contributed by atoms with Gasteiger partial charge in [0.2, 0.25) is 5.91 Å². The number of aromatic nitrogens is 2. The third-order valence-corrected chi connectivity index (χ3v) is 7.52. The van der Waals surface area contributed by atoms with Gasteiger partial charge in [-0.05, 0) is 74.5 Å². The number of nitrogens with one attached hydrogen (secondary N) is 2. The van der Waals surface area contributed by atoms with Crippen molar-refractivity contribution in [1.29, 1.82) is 0 Å². The van der Waals surface area contributed by atoms with Gasteiger partial charge < -0.3 is 20.6 Å². The smallest absolute Gasteiger partial charge is 0.251 e. The van der Waals surface area contributed by atoms with Crippen molar-refractivity contribution < 1.29 is 19.1 Å². The summed E-state index contributed by atoms with van der Waals surface area (Å²) in [4.78, 5) is 36.7. The molecule has 1 aliphatic carbocycles. The number of hydrogen-bond donors (Lipinski definition) is 3. The number of benzene rings is 2. The Balaban J connectivity index is 1.17. The quantitative estimate of drug-likeness (QED) is 0.347. The van der Waals surface area contributed by atoms with Crippen LogP contribution in [0.4, 0.5) is 4.39 Å². The highest BCUT2D eigenvalue weighted by molar-refractivity contribution is 5.97. The van der Waals surface area contributed by atoms with E-state index in [4.69, 9.17) is 0 Å². The number of rotatable bonds is 10. The first kappa shape index (κ1) is 26.9. The molecule has 39 heavy (non-hydrogen) atoms. The second kappa shape index (κ2) is 12.4. The first-order chi connectivity index (χ1) is 19.0. The summed E-state index contributed by atoms with van der Waals surface area (Å²) in [6.07, 6.45) is 6.26. The summed E-state index contributed by atoms with van der Waals surface area (Å²) in [7, 11) is 0. The minimum atomic E-state index is -0.654. The fourth-order valence-corrected chi connectivity index (χ4v) is 5.12. The molecular formula is C30H34FN5O3. The molecule has 5 rings (SSSR count). The van der Waals surface area contributed by atoms with Gasteiger partial charge in [0.15, 0.2) is 5.82 Å². The Morgan fingerprint density at radius 1 is 1.03 bits per heavy atom. The first-order valence-corrected chi connectivity index (χ1v) is 13.6. The van der Waals surface area contributed by atoms with Gasteiger partial charge in [-0.3, -0.25) is 9.59 Å². The van der Waals surface area contributed by atoms with Gasteiger partial charge in [0.1, 0.15) is 11.9 Å². The maximum Gasteiger partial charge on any atom is 0.251 e. The molecule has 1 unspecified atom stereocenters. The molecule has 9 heteroatoms. The zero-order valence-electron chi connectivity index (χ0n) is 21.8. The Kier molecular flexibility index (Phi) is 8.58. The van der Waals surface area contributed by atoms with E-state index in [1.54, 1.807) is 47.6 Å². The van der Waals surface area contributed by atoms with Crippen molar-refractivity contribution in [1.82, 2.24) is 25.5 Å². The van der Waals surface area contributed by atoms with Crippen LogP contribution in [0.3, 0.4) is 0 Å². The SMILES string of the molecule is O=C(N[C@@H](CCCNC1C[C@H]1c1ccc(F)cc1)C(=O)N1CCC(O)CC1)c1ccc(-c2ncccn2)cc1. The summed E-state index contributed by atoms with van der Waals surface area (Å²) in [6.45, 7) is 1.68. The van der Waals surface area contributed by atoms with Crippen molar-refractivity contribution in [3.8, 4) is 11.4 Å². The van der Waals surface area contributed by atoms with Gasteiger partial charge in [-0.2, -0.15) is 0 Å². The zero-order chi connectivity index (χ0) is 27.2. The lowest BCUT2D eigenvalue weighted by Crippen LogP contribution is -2.51. The minimum Gasteiger partial charge on any atom is -0.393 e. The number of likely N-dealkylation sites (tertiary alicyclic amines) is 1. The first-order valence-electron chi connectivity index (χ1n) is 13.6. The minimum absolute atomic E-state index is 0.111. The van der Waals surface area contributed by atoms with Gasteiger partial charge in [0.05, 0.1) is 6.10 Å². The fraction of sp³-hybridized carbons (Fsp3) is 0.400.